The van der Waals surface area contributed by atoms with Gasteiger partial charge < -0.3 is 67.5 Å². The summed E-state index contributed by atoms with van der Waals surface area (Å²) in [5.41, 5.74) is 10.9. The van der Waals surface area contributed by atoms with Crippen LogP contribution < -0.4 is 82.0 Å². The van der Waals surface area contributed by atoms with E-state index in [1.54, 1.807) is 83.6 Å². The molecule has 0 bridgehead atoms. The highest BCUT2D eigenvalue weighted by Gasteiger charge is 2.52. The number of Topliss-reactive ketones (excluding diaryl/α,β-unsaturated/α-hetero) is 1. The van der Waals surface area contributed by atoms with Gasteiger partial charge in [-0.2, -0.15) is 0 Å². The molecule has 1 aliphatic carbocycles. The number of piperidine rings is 4. The minimum absolute atomic E-state index is 0. The van der Waals surface area contributed by atoms with Gasteiger partial charge in [0.25, 0.3) is 57.3 Å². The first-order valence-corrected chi connectivity index (χ1v) is 48.6. The summed E-state index contributed by atoms with van der Waals surface area (Å²) in [6, 6.07) is 12.2. The maximum Gasteiger partial charge on any atom is 0.424 e. The topological polar surface area (TPSA) is 550 Å². The molecule has 8 aromatic rings. The molecule has 5 fully saturated rings. The zero-order chi connectivity index (χ0) is 104. The Balaban J connectivity index is 0.000000176. The molecule has 16 heterocycles. The molecule has 0 atom stereocenters. The second kappa shape index (κ2) is 46.9. The molecule has 8 aliphatic heterocycles. The van der Waals surface area contributed by atoms with E-state index in [1.165, 1.54) is 77.6 Å². The van der Waals surface area contributed by atoms with Gasteiger partial charge in [-0.15, -0.1) is 12.4 Å². The Morgan fingerprint density at radius 2 is 0.761 bits per heavy atom. The Labute approximate surface area is 871 Å². The highest BCUT2D eigenvalue weighted by atomic mass is 79.9. The summed E-state index contributed by atoms with van der Waals surface area (Å²) in [7, 11) is 8.74. The van der Waals surface area contributed by atoms with Crippen molar-refractivity contribution in [3.63, 3.8) is 0 Å². The third-order valence-corrected chi connectivity index (χ3v) is 27.0. The van der Waals surface area contributed by atoms with E-state index in [1.807, 2.05) is 70.7 Å². The zero-order valence-corrected chi connectivity index (χ0v) is 89.3. The highest BCUT2D eigenvalue weighted by molar-refractivity contribution is 9.11. The number of ether oxygens (including phenoxy) is 3. The zero-order valence-electron chi connectivity index (χ0n) is 79.9. The van der Waals surface area contributed by atoms with Crippen molar-refractivity contribution in [2.75, 3.05) is 104 Å². The lowest BCUT2D eigenvalue weighted by Crippen LogP contribution is -2.58. The minimum Gasteiger partial charge on any atom is -0.444 e. The minimum atomic E-state index is -0.943. The summed E-state index contributed by atoms with van der Waals surface area (Å²) in [4.78, 5) is 198. The van der Waals surface area contributed by atoms with Gasteiger partial charge in [-0.05, 0) is 186 Å². The lowest BCUT2D eigenvalue weighted by Gasteiger charge is -2.43. The van der Waals surface area contributed by atoms with Crippen LogP contribution in [0.2, 0.25) is 25.1 Å². The smallest absolute Gasteiger partial charge is 0.424 e. The number of pyridine rings is 5. The number of aromatic amines is 1. The van der Waals surface area contributed by atoms with Crippen LogP contribution >= 0.6 is 118 Å². The number of nitrogens with two attached hydrogens (primary N) is 2. The number of fused-ring (bicyclic) bond motifs is 8. The van der Waals surface area contributed by atoms with Crippen LogP contribution in [0.4, 0.5) is 43.2 Å². The predicted molar refractivity (Wildman–Crippen MR) is 543 cm³/mol. The fourth-order valence-corrected chi connectivity index (χ4v) is 19.7. The van der Waals surface area contributed by atoms with Crippen LogP contribution in [-0.4, -0.2) is 252 Å². The van der Waals surface area contributed by atoms with E-state index < -0.39 is 69.0 Å². The molecule has 1 saturated carbocycles. The van der Waals surface area contributed by atoms with Gasteiger partial charge in [0.2, 0.25) is 0 Å². The van der Waals surface area contributed by atoms with Crippen LogP contribution in [0.1, 0.15) is 192 Å². The second-order valence-electron chi connectivity index (χ2n) is 36.7. The molecule has 8 amide bonds. The molecule has 4 saturated heterocycles. The summed E-state index contributed by atoms with van der Waals surface area (Å²) >= 11 is 40.1. The molecular formula is C88H111Br3Cl6N28O17. The van der Waals surface area contributed by atoms with Crippen LogP contribution in [0.25, 0.3) is 0 Å². The standard InChI is InChI=1S/C21H26ClN7O4.C17H22BrClN4O4.C16H18ClN7O2.C12H14BrClN4O2.C12H21NO3.C6H4BrClN2O2.C4H5N3.ClH/c1-20(2,3)33-19(32)27(4)28-9-6-21(7-10-28)26-17(30)16-13(22)11-14(18(31)29(16)21)25-15-5-8-23-12-24-15;1-16(2,3)27-15(26)21(4)22-7-5-17(6-8-22)20-13(24)12-11(19)9-10(18)14(25)23(12)17;1-18-23-6-3-16(4-7-23)22-14(25)13-10(17)8-11(15(26)24(13)16)21-12-2-5-19-9-20-12;1-15-17-4-2-12(3-5-17)16-10(19)9-8(14)6-7(13)11(20)18(9)12;1-12(2,3)16-11(15)13(4)9-5-7-10(14)8-6-9;7-2-1-3(8)4(5(9)11)10-6(2)12;5-4-1-2-6-3-7-4;/h5,8,11-12H,6-7,9-10H2,1-4H3,(H,26,30)(H,23,24,25);9H,5-8H2,1-4H3,(H,20,24);2,5,8-9,18H,3-4,6-7H2,1H3,(H,22,25)(H,19,20,21);6,15H,2-5H2,1H3,(H,16,19);9H,5-8H2,1-4H3;1H,(H2,9,11)(H,10,12);1-3H,(H2,5,6,7);1H. The molecule has 0 aromatic carbocycles. The maximum atomic E-state index is 13.4. The summed E-state index contributed by atoms with van der Waals surface area (Å²) in [5, 5.41) is 29.4. The molecule has 13 N–H and O–H groups in total. The number of amides is 8. The molecule has 45 nitrogen and oxygen atoms in total. The number of carbonyl (C=O) groups excluding carboxylic acids is 9. The number of hydrazine groups is 4. The van der Waals surface area contributed by atoms with Gasteiger partial charge in [-0.1, -0.05) is 58.0 Å². The van der Waals surface area contributed by atoms with Crippen molar-refractivity contribution in [1.29, 1.82) is 0 Å². The molecule has 0 unspecified atom stereocenters. The van der Waals surface area contributed by atoms with Gasteiger partial charge >= 0.3 is 18.3 Å². The lowest BCUT2D eigenvalue weighted by atomic mass is 9.94. The molecule has 9 aliphatic rings. The Kier molecular flexibility index (Phi) is 37.4. The van der Waals surface area contributed by atoms with E-state index in [0.717, 1.165) is 25.9 Å². The number of nitrogens with one attached hydrogen (secondary N) is 9. The number of ketones is 1. The fourth-order valence-electron chi connectivity index (χ4n) is 16.8. The van der Waals surface area contributed by atoms with Crippen LogP contribution in [0.3, 0.4) is 0 Å². The number of rotatable bonds is 10. The monoisotopic (exact) mass is 2280 g/mol. The number of nitrogen functional groups attached to an aromatic ring is 1. The van der Waals surface area contributed by atoms with E-state index in [9.17, 15) is 67.1 Å². The first-order chi connectivity index (χ1) is 66.2. The van der Waals surface area contributed by atoms with Gasteiger partial charge in [0.15, 0.2) is 0 Å². The molecular weight excluding hydrogens is 2170 g/mol. The summed E-state index contributed by atoms with van der Waals surface area (Å²) < 4.78 is 23.0. The molecule has 8 aromatic heterocycles. The number of hydrogen-bond acceptors (Lipinski definition) is 32. The highest BCUT2D eigenvalue weighted by Crippen LogP contribution is 2.42. The van der Waals surface area contributed by atoms with Crippen LogP contribution in [-0.2, 0) is 41.7 Å². The van der Waals surface area contributed by atoms with Crippen molar-refractivity contribution < 1.29 is 57.4 Å². The number of halogens is 9. The van der Waals surface area contributed by atoms with E-state index in [2.05, 4.69) is 130 Å². The van der Waals surface area contributed by atoms with Crippen molar-refractivity contribution in [1.82, 2.24) is 120 Å². The van der Waals surface area contributed by atoms with E-state index in [-0.39, 0.29) is 129 Å². The maximum absolute atomic E-state index is 13.4. The SMILES string of the molecule is CN(C(=O)OC(C)(C)C)C1CCC(=O)CC1.CN(C(=O)OC(C)(C)C)N1CCC2(CC1)NC(=O)c1c(Cl)cc(Br)c(=O)n12.CN(C(=O)OC(C)(C)C)N1CCC2(CC1)NC(=O)c1c(Cl)cc(Nc3ccncn3)c(=O)n12.CNN1CCC2(CC1)NC(=O)c1c(Cl)cc(Br)c(=O)n12.CNN1CCC2(CC1)NC(=O)c1c(Cl)cc(Nc3ccncn3)c(=O)n12.Cl.NC(=O)c1[nH]c(=O)c(Br)cc1Cl.Nc1ccncn1. The summed E-state index contributed by atoms with van der Waals surface area (Å²) in [5.74, 6) is -0.411. The third-order valence-electron chi connectivity index (χ3n) is 23.8. The van der Waals surface area contributed by atoms with E-state index in [4.69, 9.17) is 83.7 Å². The number of aromatic nitrogens is 11. The predicted octanol–water partition coefficient (Wildman–Crippen LogP) is 10.1. The average Bonchev–Trinajstić information content (AvgIpc) is 1.59. The van der Waals surface area contributed by atoms with Gasteiger partial charge in [-0.3, -0.25) is 81.9 Å². The second-order valence-corrected chi connectivity index (χ2v) is 41.3. The van der Waals surface area contributed by atoms with Crippen molar-refractivity contribution in [2.24, 2.45) is 5.73 Å². The molecule has 17 rings (SSSR count). The molecule has 54 heteroatoms. The number of H-pyrrole nitrogens is 1. The van der Waals surface area contributed by atoms with Crippen LogP contribution in [0, 0.1) is 0 Å². The quantitative estimate of drug-likeness (QED) is 0.0567. The number of carbonyl (C=O) groups is 9. The Morgan fingerprint density at radius 1 is 0.451 bits per heavy atom. The van der Waals surface area contributed by atoms with Crippen LogP contribution in [0.15, 0.2) is 123 Å². The first-order valence-electron chi connectivity index (χ1n) is 44.4. The van der Waals surface area contributed by atoms with Gasteiger partial charge in [0, 0.05) is 162 Å². The number of hydrogen-bond donors (Lipinski definition) is 11. The Morgan fingerprint density at radius 3 is 1.06 bits per heavy atom. The molecule has 142 heavy (non-hydrogen) atoms. The number of anilines is 5. The average molecular weight is 2290 g/mol. The molecule has 4 spiro atoms. The number of primary amides is 1. The summed E-state index contributed by atoms with van der Waals surface area (Å²) in [6.07, 6.45) is 14.5. The Bertz CT molecular complexity index is 6350. The first kappa shape index (κ1) is 113. The van der Waals surface area contributed by atoms with E-state index in [0.29, 0.717) is 141 Å². The lowest BCUT2D eigenvalue weighted by molar-refractivity contribution is -0.121. The molecule has 0 radical (unpaired) electrons. The van der Waals surface area contributed by atoms with Gasteiger partial charge in [0.05, 0.1) is 38.5 Å². The number of nitrogens with zero attached hydrogens (tertiary/aromatic N) is 17. The third kappa shape index (κ3) is 26.6. The largest absolute Gasteiger partial charge is 0.444 e. The van der Waals surface area contributed by atoms with Crippen molar-refractivity contribution in [3.05, 3.63) is 205 Å². The van der Waals surface area contributed by atoms with E-state index >= 15 is 0 Å². The van der Waals surface area contributed by atoms with Crippen LogP contribution in [0.5, 0.6) is 0 Å². The van der Waals surface area contributed by atoms with Crippen molar-refractivity contribution in [2.45, 2.75) is 185 Å². The van der Waals surface area contributed by atoms with Gasteiger partial charge in [0.1, 0.15) is 122 Å². The van der Waals surface area contributed by atoms with Gasteiger partial charge in [-0.25, -0.2) is 74.3 Å². The van der Waals surface area contributed by atoms with Crippen molar-refractivity contribution in [3.8, 4) is 0 Å². The Hall–Kier alpha value is -10.8. The fraction of sp³-hybridized carbons (Fsp3) is 0.477. The normalized spacial score (nSPS) is 17.4. The summed E-state index contributed by atoms with van der Waals surface area (Å²) in [6.45, 7) is 21.0. The molecule has 768 valence electrons. The van der Waals surface area contributed by atoms with Crippen molar-refractivity contribution >= 4 is 201 Å².